The zero-order valence-electron chi connectivity index (χ0n) is 21.4. The third-order valence-corrected chi connectivity index (χ3v) is 9.10. The van der Waals surface area contributed by atoms with Crippen LogP contribution in [0.3, 0.4) is 0 Å². The van der Waals surface area contributed by atoms with Gasteiger partial charge in [0.25, 0.3) is 0 Å². The quantitative estimate of drug-likeness (QED) is 0.0785. The Balaban J connectivity index is 3.83. The SMILES string of the molecule is CCCCCCCC/C=C\CC[O][Al]([CH2]CCCCCCC)[CH2]CCCCCCC. The molecule has 0 aliphatic rings. The Kier molecular flexibility index (Phi) is 27.5. The Labute approximate surface area is 196 Å². The Hall–Kier alpha value is 0.232. The molecule has 0 amide bonds. The Morgan fingerprint density at radius 1 is 0.467 bits per heavy atom. The normalized spacial score (nSPS) is 11.6. The largest absolute Gasteiger partial charge is 0.500 e. The molecule has 0 radical (unpaired) electrons. The summed E-state index contributed by atoms with van der Waals surface area (Å²) in [6, 6.07) is 0. The second kappa shape index (κ2) is 27.3. The van der Waals surface area contributed by atoms with E-state index >= 15 is 0 Å². The molecule has 0 rings (SSSR count). The summed E-state index contributed by atoms with van der Waals surface area (Å²) in [6.07, 6.45) is 32.6. The summed E-state index contributed by atoms with van der Waals surface area (Å²) in [5.74, 6) is 0. The molecule has 0 saturated carbocycles. The standard InChI is InChI=1S/C12H23O.2C8H17.Al/c1-2-3-4-5-6-7-8-9-10-11-12-13;2*1-3-5-7-8-6-4-2;/h9-10H,2-8,11-12H2,1H3;2*1,3-8H2,2H3;/q-1;;;+1/b10-9-;;;. The summed E-state index contributed by atoms with van der Waals surface area (Å²) in [6.45, 7) is 7.88. The van der Waals surface area contributed by atoms with Crippen LogP contribution >= 0.6 is 0 Å². The summed E-state index contributed by atoms with van der Waals surface area (Å²) in [5, 5.41) is 2.84. The predicted octanol–water partition coefficient (Wildman–Crippen LogP) is 10.4. The maximum absolute atomic E-state index is 6.46. The van der Waals surface area contributed by atoms with Crippen LogP contribution in [0.5, 0.6) is 0 Å². The van der Waals surface area contributed by atoms with E-state index in [9.17, 15) is 0 Å². The topological polar surface area (TPSA) is 9.23 Å². The van der Waals surface area contributed by atoms with Gasteiger partial charge >= 0.3 is 14.5 Å². The molecule has 2 heteroatoms. The minimum absolute atomic E-state index is 0.967. The van der Waals surface area contributed by atoms with Crippen molar-refractivity contribution in [3.05, 3.63) is 12.2 Å². The molecule has 30 heavy (non-hydrogen) atoms. The molecular formula is C28H57AlO. The monoisotopic (exact) mass is 436 g/mol. The first kappa shape index (κ1) is 30.2. The Morgan fingerprint density at radius 3 is 1.37 bits per heavy atom. The molecule has 0 spiro atoms. The van der Waals surface area contributed by atoms with Gasteiger partial charge in [-0.1, -0.05) is 153 Å². The highest BCUT2D eigenvalue weighted by Gasteiger charge is 2.19. The van der Waals surface area contributed by atoms with Crippen molar-refractivity contribution in [3.63, 3.8) is 0 Å². The lowest BCUT2D eigenvalue weighted by Gasteiger charge is -2.13. The summed E-state index contributed by atoms with van der Waals surface area (Å²) in [7, 11) is 0. The number of unbranched alkanes of at least 4 members (excludes halogenated alkanes) is 16. The molecule has 0 aromatic carbocycles. The molecule has 0 unspecified atom stereocenters. The first-order valence-electron chi connectivity index (χ1n) is 14.1. The van der Waals surface area contributed by atoms with Gasteiger partial charge in [-0.05, 0) is 19.3 Å². The van der Waals surface area contributed by atoms with Gasteiger partial charge < -0.3 is 3.79 Å². The molecule has 0 aromatic rings. The first-order chi connectivity index (χ1) is 14.8. The minimum atomic E-state index is -0.967. The smallest absolute Gasteiger partial charge is 0.460 e. The van der Waals surface area contributed by atoms with E-state index in [2.05, 4.69) is 32.9 Å². The highest BCUT2D eigenvalue weighted by Crippen LogP contribution is 2.16. The van der Waals surface area contributed by atoms with Gasteiger partial charge in [0.15, 0.2) is 0 Å². The summed E-state index contributed by atoms with van der Waals surface area (Å²) in [4.78, 5) is 0. The number of allylic oxidation sites excluding steroid dienone is 1. The fourth-order valence-corrected chi connectivity index (χ4v) is 6.78. The van der Waals surface area contributed by atoms with Crippen LogP contribution in [0.25, 0.3) is 0 Å². The van der Waals surface area contributed by atoms with E-state index in [0.717, 1.165) is 13.0 Å². The molecule has 1 nitrogen and oxygen atoms in total. The predicted molar refractivity (Wildman–Crippen MR) is 140 cm³/mol. The average Bonchev–Trinajstić information content (AvgIpc) is 2.76. The van der Waals surface area contributed by atoms with E-state index in [1.165, 1.54) is 133 Å². The molecule has 0 bridgehead atoms. The van der Waals surface area contributed by atoms with Gasteiger partial charge in [-0.3, -0.25) is 0 Å². The second-order valence-electron chi connectivity index (χ2n) is 9.42. The van der Waals surface area contributed by atoms with Gasteiger partial charge in [0, 0.05) is 6.61 Å². The van der Waals surface area contributed by atoms with Gasteiger partial charge in [0.05, 0.1) is 0 Å². The van der Waals surface area contributed by atoms with E-state index in [-0.39, 0.29) is 0 Å². The summed E-state index contributed by atoms with van der Waals surface area (Å²) in [5.41, 5.74) is 0. The maximum Gasteiger partial charge on any atom is 0.460 e. The van der Waals surface area contributed by atoms with Crippen LogP contribution in [-0.4, -0.2) is 21.1 Å². The van der Waals surface area contributed by atoms with Gasteiger partial charge in [-0.15, -0.1) is 0 Å². The molecule has 0 aliphatic carbocycles. The first-order valence-corrected chi connectivity index (χ1v) is 16.2. The van der Waals surface area contributed by atoms with E-state index in [1.807, 2.05) is 0 Å². The van der Waals surface area contributed by atoms with Crippen LogP contribution in [0.15, 0.2) is 12.2 Å². The number of hydrogen-bond donors (Lipinski definition) is 0. The van der Waals surface area contributed by atoms with Crippen molar-refractivity contribution in [3.8, 4) is 0 Å². The minimum Gasteiger partial charge on any atom is -0.500 e. The van der Waals surface area contributed by atoms with Crippen LogP contribution in [0, 0.1) is 0 Å². The fourth-order valence-electron chi connectivity index (χ4n) is 4.20. The third kappa shape index (κ3) is 24.5. The molecular weight excluding hydrogens is 379 g/mol. The Morgan fingerprint density at radius 2 is 0.867 bits per heavy atom. The lowest BCUT2D eigenvalue weighted by molar-refractivity contribution is 0.322. The molecule has 0 aliphatic heterocycles. The van der Waals surface area contributed by atoms with Crippen LogP contribution in [0.4, 0.5) is 0 Å². The summed E-state index contributed by atoms with van der Waals surface area (Å²) < 4.78 is 6.46. The Bertz CT molecular complexity index is 313. The summed E-state index contributed by atoms with van der Waals surface area (Å²) >= 11 is -0.967. The average molecular weight is 437 g/mol. The van der Waals surface area contributed by atoms with Gasteiger partial charge in [-0.25, -0.2) is 0 Å². The van der Waals surface area contributed by atoms with E-state index in [1.54, 1.807) is 0 Å². The van der Waals surface area contributed by atoms with Crippen molar-refractivity contribution >= 4 is 14.5 Å². The zero-order valence-corrected chi connectivity index (χ0v) is 22.6. The van der Waals surface area contributed by atoms with E-state index in [4.69, 9.17) is 3.79 Å². The third-order valence-electron chi connectivity index (χ3n) is 6.29. The van der Waals surface area contributed by atoms with Crippen LogP contribution < -0.4 is 0 Å². The van der Waals surface area contributed by atoms with E-state index in [0.29, 0.717) is 0 Å². The van der Waals surface area contributed by atoms with Crippen LogP contribution in [0.2, 0.25) is 10.6 Å². The lowest BCUT2D eigenvalue weighted by Crippen LogP contribution is -2.18. The molecule has 0 fully saturated rings. The maximum atomic E-state index is 6.46. The molecule has 0 aromatic heterocycles. The highest BCUT2D eigenvalue weighted by atomic mass is 27.2. The van der Waals surface area contributed by atoms with Crippen molar-refractivity contribution < 1.29 is 3.79 Å². The molecule has 0 saturated heterocycles. The van der Waals surface area contributed by atoms with Crippen molar-refractivity contribution in [2.45, 2.75) is 160 Å². The van der Waals surface area contributed by atoms with Gasteiger partial charge in [0.2, 0.25) is 0 Å². The van der Waals surface area contributed by atoms with Gasteiger partial charge in [0.1, 0.15) is 0 Å². The van der Waals surface area contributed by atoms with Crippen molar-refractivity contribution in [1.29, 1.82) is 0 Å². The van der Waals surface area contributed by atoms with E-state index < -0.39 is 14.5 Å². The fraction of sp³-hybridized carbons (Fsp3) is 0.929. The number of hydrogen-bond acceptors (Lipinski definition) is 1. The van der Waals surface area contributed by atoms with Crippen molar-refractivity contribution in [2.75, 3.05) is 6.61 Å². The van der Waals surface area contributed by atoms with Crippen LogP contribution in [-0.2, 0) is 3.79 Å². The lowest BCUT2D eigenvalue weighted by atomic mass is 10.1. The number of rotatable bonds is 25. The molecule has 0 N–H and O–H groups in total. The van der Waals surface area contributed by atoms with Crippen molar-refractivity contribution in [1.82, 2.24) is 0 Å². The molecule has 178 valence electrons. The highest BCUT2D eigenvalue weighted by molar-refractivity contribution is 6.51. The van der Waals surface area contributed by atoms with Crippen LogP contribution in [0.1, 0.15) is 149 Å². The molecule has 0 atom stereocenters. The second-order valence-corrected chi connectivity index (χ2v) is 12.2. The van der Waals surface area contributed by atoms with Crippen molar-refractivity contribution in [2.24, 2.45) is 0 Å². The van der Waals surface area contributed by atoms with Gasteiger partial charge in [-0.2, -0.15) is 0 Å². The zero-order chi connectivity index (χ0) is 22.0. The molecule has 0 heterocycles.